The van der Waals surface area contributed by atoms with E-state index in [2.05, 4.69) is 35.8 Å². The summed E-state index contributed by atoms with van der Waals surface area (Å²) in [5.41, 5.74) is 5.89. The van der Waals surface area contributed by atoms with Gasteiger partial charge in [-0.25, -0.2) is 8.78 Å². The highest BCUT2D eigenvalue weighted by molar-refractivity contribution is 5.47. The van der Waals surface area contributed by atoms with Crippen molar-refractivity contribution in [3.05, 3.63) is 100 Å². The van der Waals surface area contributed by atoms with Gasteiger partial charge in [0.25, 0.3) is 0 Å². The number of aryl methyl sites for hydroxylation is 2. The number of benzene rings is 3. The molecular formula is C29H34F2N2O2. The zero-order valence-electron chi connectivity index (χ0n) is 20.1. The number of nitrogens with one attached hydrogen (secondary N) is 2. The van der Waals surface area contributed by atoms with Crippen LogP contribution in [0.3, 0.4) is 0 Å². The van der Waals surface area contributed by atoms with E-state index in [0.717, 1.165) is 43.0 Å². The third-order valence-electron chi connectivity index (χ3n) is 6.81. The summed E-state index contributed by atoms with van der Waals surface area (Å²) in [4.78, 5) is 0. The standard InChI is InChI=1S/C29H34F2N2O2/c1-2-19-9-10-22-6-4-8-27(26(22)14-19)32-17-29(35)28(15-21-11-23(30)16-24(31)12-21)33-25-7-3-5-20(13-25)18-34/h3,5,7,9-14,16,27-29,32-35H,2,4,6,8,15,17-18H2,1H3. The van der Waals surface area contributed by atoms with Crippen LogP contribution in [0, 0.1) is 11.6 Å². The molecule has 4 N–H and O–H groups in total. The normalized spacial score (nSPS) is 17.0. The maximum atomic E-state index is 13.8. The van der Waals surface area contributed by atoms with Gasteiger partial charge in [0.15, 0.2) is 0 Å². The Morgan fingerprint density at radius 1 is 0.971 bits per heavy atom. The molecule has 4 rings (SSSR count). The monoisotopic (exact) mass is 480 g/mol. The van der Waals surface area contributed by atoms with Crippen LogP contribution in [0.15, 0.2) is 60.7 Å². The number of anilines is 1. The van der Waals surface area contributed by atoms with Gasteiger partial charge in [-0.1, -0.05) is 37.3 Å². The predicted molar refractivity (Wildman–Crippen MR) is 135 cm³/mol. The summed E-state index contributed by atoms with van der Waals surface area (Å²) in [7, 11) is 0. The molecule has 186 valence electrons. The fraction of sp³-hybridized carbons (Fsp3) is 0.379. The van der Waals surface area contributed by atoms with Gasteiger partial charge in [-0.3, -0.25) is 0 Å². The smallest absolute Gasteiger partial charge is 0.126 e. The molecule has 0 bridgehead atoms. The molecule has 1 aliphatic carbocycles. The lowest BCUT2D eigenvalue weighted by Gasteiger charge is -2.31. The van der Waals surface area contributed by atoms with E-state index < -0.39 is 23.8 Å². The second kappa shape index (κ2) is 11.8. The number of halogens is 2. The Balaban J connectivity index is 1.51. The van der Waals surface area contributed by atoms with Crippen LogP contribution in [0.5, 0.6) is 0 Å². The van der Waals surface area contributed by atoms with Gasteiger partial charge in [0.2, 0.25) is 0 Å². The van der Waals surface area contributed by atoms with Crippen LogP contribution in [0.2, 0.25) is 0 Å². The van der Waals surface area contributed by atoms with E-state index in [4.69, 9.17) is 0 Å². The lowest BCUT2D eigenvalue weighted by Crippen LogP contribution is -2.43. The molecule has 6 heteroatoms. The summed E-state index contributed by atoms with van der Waals surface area (Å²) in [6, 6.07) is 17.1. The van der Waals surface area contributed by atoms with Gasteiger partial charge < -0.3 is 20.8 Å². The molecule has 0 fully saturated rings. The topological polar surface area (TPSA) is 64.5 Å². The lowest BCUT2D eigenvalue weighted by atomic mass is 9.86. The SMILES string of the molecule is CCc1ccc2c(c1)C(NCC(O)C(Cc1cc(F)cc(F)c1)Nc1cccc(CO)c1)CCC2. The van der Waals surface area contributed by atoms with Crippen LogP contribution in [0.4, 0.5) is 14.5 Å². The molecule has 0 spiro atoms. The van der Waals surface area contributed by atoms with E-state index in [0.29, 0.717) is 12.1 Å². The third kappa shape index (κ3) is 6.66. The molecule has 35 heavy (non-hydrogen) atoms. The van der Waals surface area contributed by atoms with Crippen LogP contribution in [-0.4, -0.2) is 28.9 Å². The van der Waals surface area contributed by atoms with Crippen molar-refractivity contribution in [3.8, 4) is 0 Å². The molecule has 3 aromatic carbocycles. The lowest BCUT2D eigenvalue weighted by molar-refractivity contribution is 0.143. The fourth-order valence-electron chi connectivity index (χ4n) is 4.93. The Morgan fingerprint density at radius 3 is 2.51 bits per heavy atom. The molecule has 0 saturated heterocycles. The Hall–Kier alpha value is -2.80. The van der Waals surface area contributed by atoms with Crippen LogP contribution in [0.1, 0.15) is 53.6 Å². The summed E-state index contributed by atoms with van der Waals surface area (Å²) in [5.74, 6) is -1.28. The molecule has 3 atom stereocenters. The van der Waals surface area contributed by atoms with E-state index in [1.807, 2.05) is 24.3 Å². The molecule has 4 nitrogen and oxygen atoms in total. The largest absolute Gasteiger partial charge is 0.392 e. The molecule has 0 heterocycles. The van der Waals surface area contributed by atoms with Gasteiger partial charge in [-0.15, -0.1) is 0 Å². The summed E-state index contributed by atoms with van der Waals surface area (Å²) in [5, 5.41) is 27.6. The minimum atomic E-state index is -0.821. The fourth-order valence-corrected chi connectivity index (χ4v) is 4.93. The van der Waals surface area contributed by atoms with Crippen LogP contribution >= 0.6 is 0 Å². The van der Waals surface area contributed by atoms with E-state index in [1.165, 1.54) is 28.8 Å². The average molecular weight is 481 g/mol. The molecule has 3 unspecified atom stereocenters. The first-order valence-corrected chi connectivity index (χ1v) is 12.4. The Kier molecular flexibility index (Phi) is 8.50. The Morgan fingerprint density at radius 2 is 1.77 bits per heavy atom. The van der Waals surface area contributed by atoms with E-state index >= 15 is 0 Å². The summed E-state index contributed by atoms with van der Waals surface area (Å²) >= 11 is 0. The van der Waals surface area contributed by atoms with E-state index in [9.17, 15) is 19.0 Å². The molecule has 0 saturated carbocycles. The van der Waals surface area contributed by atoms with E-state index in [1.54, 1.807) is 0 Å². The average Bonchev–Trinajstić information content (AvgIpc) is 2.86. The minimum Gasteiger partial charge on any atom is -0.392 e. The van der Waals surface area contributed by atoms with Crippen molar-refractivity contribution in [3.63, 3.8) is 0 Å². The van der Waals surface area contributed by atoms with Gasteiger partial charge in [-0.2, -0.15) is 0 Å². The number of aliphatic hydroxyl groups excluding tert-OH is 2. The number of aliphatic hydroxyl groups is 2. The van der Waals surface area contributed by atoms with Gasteiger partial charge in [0, 0.05) is 24.3 Å². The number of hydrogen-bond acceptors (Lipinski definition) is 4. The van der Waals surface area contributed by atoms with Crippen LogP contribution in [-0.2, 0) is 25.9 Å². The van der Waals surface area contributed by atoms with E-state index in [-0.39, 0.29) is 19.1 Å². The molecule has 0 aromatic heterocycles. The summed E-state index contributed by atoms with van der Waals surface area (Å²) in [6.45, 7) is 2.38. The number of rotatable bonds is 10. The van der Waals surface area contributed by atoms with Gasteiger partial charge in [0.1, 0.15) is 11.6 Å². The second-order valence-corrected chi connectivity index (χ2v) is 9.40. The second-order valence-electron chi connectivity index (χ2n) is 9.40. The number of hydrogen-bond donors (Lipinski definition) is 4. The van der Waals surface area contributed by atoms with Crippen molar-refractivity contribution in [1.29, 1.82) is 0 Å². The van der Waals surface area contributed by atoms with Crippen molar-refractivity contribution in [2.24, 2.45) is 0 Å². The molecule has 0 radical (unpaired) electrons. The highest BCUT2D eigenvalue weighted by Gasteiger charge is 2.25. The molecule has 0 aliphatic heterocycles. The maximum absolute atomic E-state index is 13.8. The van der Waals surface area contributed by atoms with Gasteiger partial charge in [0.05, 0.1) is 18.8 Å². The highest BCUT2D eigenvalue weighted by Crippen LogP contribution is 2.31. The van der Waals surface area contributed by atoms with Crippen molar-refractivity contribution in [1.82, 2.24) is 5.32 Å². The van der Waals surface area contributed by atoms with Crippen LogP contribution in [0.25, 0.3) is 0 Å². The van der Waals surface area contributed by atoms with Crippen molar-refractivity contribution < 1.29 is 19.0 Å². The molecular weight excluding hydrogens is 446 g/mol. The first kappa shape index (κ1) is 25.3. The Bertz CT molecular complexity index is 1120. The zero-order chi connectivity index (χ0) is 24.8. The van der Waals surface area contributed by atoms with Gasteiger partial charge in [-0.05, 0) is 84.2 Å². The molecule has 1 aliphatic rings. The highest BCUT2D eigenvalue weighted by atomic mass is 19.1. The predicted octanol–water partition coefficient (Wildman–Crippen LogP) is 5.07. The molecule has 0 amide bonds. The quantitative estimate of drug-likeness (QED) is 0.327. The Labute approximate surface area is 206 Å². The number of fused-ring (bicyclic) bond motifs is 1. The minimum absolute atomic E-state index is 0.0970. The van der Waals surface area contributed by atoms with Crippen molar-refractivity contribution >= 4 is 5.69 Å². The summed E-state index contributed by atoms with van der Waals surface area (Å²) in [6.07, 6.45) is 3.55. The van der Waals surface area contributed by atoms with Gasteiger partial charge >= 0.3 is 0 Å². The molecule has 3 aromatic rings. The van der Waals surface area contributed by atoms with Crippen molar-refractivity contribution in [2.75, 3.05) is 11.9 Å². The van der Waals surface area contributed by atoms with Crippen molar-refractivity contribution in [2.45, 2.75) is 63.8 Å². The first-order chi connectivity index (χ1) is 16.9. The zero-order valence-corrected chi connectivity index (χ0v) is 20.1. The van der Waals surface area contributed by atoms with Crippen LogP contribution < -0.4 is 10.6 Å². The third-order valence-corrected chi connectivity index (χ3v) is 6.81. The maximum Gasteiger partial charge on any atom is 0.126 e. The first-order valence-electron chi connectivity index (χ1n) is 12.4. The summed E-state index contributed by atoms with van der Waals surface area (Å²) < 4.78 is 27.7.